The number of hydrogen-bond donors (Lipinski definition) is 1. The van der Waals surface area contributed by atoms with Gasteiger partial charge in [-0.05, 0) is 42.3 Å². The Morgan fingerprint density at radius 3 is 2.70 bits per heavy atom. The molecule has 4 nitrogen and oxygen atoms in total. The zero-order valence-electron chi connectivity index (χ0n) is 13.0. The van der Waals surface area contributed by atoms with Crippen molar-refractivity contribution in [1.82, 2.24) is 5.32 Å². The number of amides is 1. The summed E-state index contributed by atoms with van der Waals surface area (Å²) in [5, 5.41) is 3.55. The summed E-state index contributed by atoms with van der Waals surface area (Å²) in [6, 6.07) is 14.6. The lowest BCUT2D eigenvalue weighted by Crippen LogP contribution is -2.25. The molecular formula is C18H20ClNO3. The molecule has 5 heteroatoms. The van der Waals surface area contributed by atoms with E-state index < -0.39 is 0 Å². The Labute approximate surface area is 141 Å². The van der Waals surface area contributed by atoms with E-state index >= 15 is 0 Å². The summed E-state index contributed by atoms with van der Waals surface area (Å²) in [6.07, 6.45) is 0.787. The summed E-state index contributed by atoms with van der Waals surface area (Å²) in [5.41, 5.74) is 1.60. The lowest BCUT2D eigenvalue weighted by molar-refractivity contribution is 0.0948. The molecule has 0 heterocycles. The standard InChI is InChI=1S/C18H20ClNO3/c1-22-11-3-10-20-18(21)15-4-2-5-17(12-15)23-13-14-6-8-16(19)9-7-14/h2,4-9,12H,3,10-11,13H2,1H3,(H,20,21). The molecule has 1 amide bonds. The van der Waals surface area contributed by atoms with Crippen LogP contribution in [0.4, 0.5) is 0 Å². The van der Waals surface area contributed by atoms with E-state index in [4.69, 9.17) is 21.1 Å². The van der Waals surface area contributed by atoms with Crippen LogP contribution in [0.3, 0.4) is 0 Å². The van der Waals surface area contributed by atoms with E-state index in [1.165, 1.54) is 0 Å². The van der Waals surface area contributed by atoms with Gasteiger partial charge in [0.15, 0.2) is 0 Å². The first kappa shape index (κ1) is 17.3. The number of ether oxygens (including phenoxy) is 2. The van der Waals surface area contributed by atoms with Crippen LogP contribution in [0.25, 0.3) is 0 Å². The molecule has 0 saturated carbocycles. The third kappa shape index (κ3) is 5.93. The number of carbonyl (C=O) groups excluding carboxylic acids is 1. The fraction of sp³-hybridized carbons (Fsp3) is 0.278. The molecule has 1 N–H and O–H groups in total. The Balaban J connectivity index is 1.88. The zero-order chi connectivity index (χ0) is 16.5. The normalized spacial score (nSPS) is 10.3. The molecule has 122 valence electrons. The van der Waals surface area contributed by atoms with Crippen molar-refractivity contribution in [3.8, 4) is 5.75 Å². The van der Waals surface area contributed by atoms with Crippen molar-refractivity contribution in [2.75, 3.05) is 20.3 Å². The first-order valence-corrected chi connectivity index (χ1v) is 7.81. The van der Waals surface area contributed by atoms with Crippen LogP contribution in [-0.4, -0.2) is 26.2 Å². The molecule has 0 aliphatic rings. The average Bonchev–Trinajstić information content (AvgIpc) is 2.58. The van der Waals surface area contributed by atoms with E-state index in [1.54, 1.807) is 25.3 Å². The minimum Gasteiger partial charge on any atom is -0.489 e. The van der Waals surface area contributed by atoms with Gasteiger partial charge in [-0.2, -0.15) is 0 Å². The van der Waals surface area contributed by atoms with E-state index in [1.807, 2.05) is 30.3 Å². The Morgan fingerprint density at radius 2 is 1.96 bits per heavy atom. The Morgan fingerprint density at radius 1 is 1.17 bits per heavy atom. The van der Waals surface area contributed by atoms with Crippen LogP contribution in [0.5, 0.6) is 5.75 Å². The van der Waals surface area contributed by atoms with Crippen molar-refractivity contribution >= 4 is 17.5 Å². The molecule has 0 spiro atoms. The fourth-order valence-electron chi connectivity index (χ4n) is 1.99. The minimum absolute atomic E-state index is 0.113. The highest BCUT2D eigenvalue weighted by molar-refractivity contribution is 6.30. The molecule has 0 aliphatic heterocycles. The van der Waals surface area contributed by atoms with Crippen molar-refractivity contribution in [2.45, 2.75) is 13.0 Å². The SMILES string of the molecule is COCCCNC(=O)c1cccc(OCc2ccc(Cl)cc2)c1. The van der Waals surface area contributed by atoms with Crippen LogP contribution in [0.2, 0.25) is 5.02 Å². The summed E-state index contributed by atoms with van der Waals surface area (Å²) in [4.78, 5) is 12.0. The molecule has 0 atom stereocenters. The molecule has 0 radical (unpaired) electrons. The summed E-state index contributed by atoms with van der Waals surface area (Å²) < 4.78 is 10.7. The van der Waals surface area contributed by atoms with Gasteiger partial charge >= 0.3 is 0 Å². The first-order chi connectivity index (χ1) is 11.2. The number of rotatable bonds is 8. The highest BCUT2D eigenvalue weighted by atomic mass is 35.5. The largest absolute Gasteiger partial charge is 0.489 e. The molecule has 0 aliphatic carbocycles. The van der Waals surface area contributed by atoms with Crippen molar-refractivity contribution in [3.05, 3.63) is 64.7 Å². The van der Waals surface area contributed by atoms with Crippen molar-refractivity contribution in [2.24, 2.45) is 0 Å². The van der Waals surface area contributed by atoms with Crippen LogP contribution in [-0.2, 0) is 11.3 Å². The Hall–Kier alpha value is -2.04. The van der Waals surface area contributed by atoms with Crippen LogP contribution in [0, 0.1) is 0 Å². The van der Waals surface area contributed by atoms with Gasteiger partial charge in [0.2, 0.25) is 0 Å². The van der Waals surface area contributed by atoms with Gasteiger partial charge in [0.05, 0.1) is 0 Å². The predicted octanol–water partition coefficient (Wildman–Crippen LogP) is 3.69. The van der Waals surface area contributed by atoms with Crippen molar-refractivity contribution < 1.29 is 14.3 Å². The minimum atomic E-state index is -0.113. The van der Waals surface area contributed by atoms with Crippen molar-refractivity contribution in [3.63, 3.8) is 0 Å². The predicted molar refractivity (Wildman–Crippen MR) is 91.1 cm³/mol. The smallest absolute Gasteiger partial charge is 0.251 e. The lowest BCUT2D eigenvalue weighted by atomic mass is 10.2. The van der Waals surface area contributed by atoms with Gasteiger partial charge in [0.1, 0.15) is 12.4 Å². The first-order valence-electron chi connectivity index (χ1n) is 7.43. The number of carbonyl (C=O) groups is 1. The molecule has 0 unspecified atom stereocenters. The van der Waals surface area contributed by atoms with Gasteiger partial charge in [-0.25, -0.2) is 0 Å². The van der Waals surface area contributed by atoms with E-state index in [0.29, 0.717) is 36.1 Å². The molecule has 2 aromatic carbocycles. The number of methoxy groups -OCH3 is 1. The van der Waals surface area contributed by atoms with Gasteiger partial charge in [-0.15, -0.1) is 0 Å². The Bertz CT molecular complexity index is 628. The number of hydrogen-bond acceptors (Lipinski definition) is 3. The second kappa shape index (κ2) is 9.18. The van der Waals surface area contributed by atoms with Gasteiger partial charge in [-0.1, -0.05) is 29.8 Å². The molecule has 2 rings (SSSR count). The van der Waals surface area contributed by atoms with E-state index in [0.717, 1.165) is 12.0 Å². The zero-order valence-corrected chi connectivity index (χ0v) is 13.8. The number of benzene rings is 2. The quantitative estimate of drug-likeness (QED) is 0.749. The van der Waals surface area contributed by atoms with E-state index in [2.05, 4.69) is 5.32 Å². The summed E-state index contributed by atoms with van der Waals surface area (Å²) >= 11 is 5.85. The van der Waals surface area contributed by atoms with Gasteiger partial charge in [-0.3, -0.25) is 4.79 Å². The lowest BCUT2D eigenvalue weighted by Gasteiger charge is -2.09. The van der Waals surface area contributed by atoms with Crippen molar-refractivity contribution in [1.29, 1.82) is 0 Å². The molecule has 2 aromatic rings. The molecule has 0 bridgehead atoms. The highest BCUT2D eigenvalue weighted by Gasteiger charge is 2.06. The maximum atomic E-state index is 12.0. The Kier molecular flexibility index (Phi) is 6.91. The molecule has 0 saturated heterocycles. The second-order valence-corrected chi connectivity index (χ2v) is 5.48. The van der Waals surface area contributed by atoms with Gasteiger partial charge in [0, 0.05) is 30.8 Å². The maximum Gasteiger partial charge on any atom is 0.251 e. The molecule has 0 fully saturated rings. The van der Waals surface area contributed by atoms with Gasteiger partial charge in [0.25, 0.3) is 5.91 Å². The van der Waals surface area contributed by atoms with Crippen LogP contribution < -0.4 is 10.1 Å². The number of nitrogens with one attached hydrogen (secondary N) is 1. The van der Waals surface area contributed by atoms with Gasteiger partial charge < -0.3 is 14.8 Å². The topological polar surface area (TPSA) is 47.6 Å². The van der Waals surface area contributed by atoms with Crippen LogP contribution in [0.15, 0.2) is 48.5 Å². The summed E-state index contributed by atoms with van der Waals surface area (Å²) in [7, 11) is 1.64. The third-order valence-corrected chi connectivity index (χ3v) is 3.48. The van der Waals surface area contributed by atoms with Crippen LogP contribution >= 0.6 is 11.6 Å². The van der Waals surface area contributed by atoms with Crippen LogP contribution in [0.1, 0.15) is 22.3 Å². The monoisotopic (exact) mass is 333 g/mol. The highest BCUT2D eigenvalue weighted by Crippen LogP contribution is 2.16. The molecular weight excluding hydrogens is 314 g/mol. The fourth-order valence-corrected chi connectivity index (χ4v) is 2.12. The molecule has 23 heavy (non-hydrogen) atoms. The van der Waals surface area contributed by atoms with E-state index in [-0.39, 0.29) is 5.91 Å². The average molecular weight is 334 g/mol. The maximum absolute atomic E-state index is 12.0. The second-order valence-electron chi connectivity index (χ2n) is 5.05. The summed E-state index contributed by atoms with van der Waals surface area (Å²) in [6.45, 7) is 1.64. The summed E-state index contributed by atoms with van der Waals surface area (Å²) in [5.74, 6) is 0.544. The number of halogens is 1. The third-order valence-electron chi connectivity index (χ3n) is 3.23. The molecule has 0 aromatic heterocycles. The van der Waals surface area contributed by atoms with E-state index in [9.17, 15) is 4.79 Å².